The SMILES string of the molecule is CC/C=C\C/C=C\C/C=C\C/C=C\C/C=C\CCCCCC(=O)OC(COC(=O)CC/C=C\C/C=C\C/C=C\C/C=C\CC)COC(=O)CCCCCCCCCCCCCC/C=C\C/C=C\C/C=C\CCCCCCC. The van der Waals surface area contributed by atoms with Crippen molar-refractivity contribution in [2.75, 3.05) is 13.2 Å². The molecule has 434 valence electrons. The van der Waals surface area contributed by atoms with Crippen LogP contribution in [0.4, 0.5) is 0 Å². The van der Waals surface area contributed by atoms with Crippen molar-refractivity contribution in [3.8, 4) is 0 Å². The van der Waals surface area contributed by atoms with Gasteiger partial charge in [-0.2, -0.15) is 0 Å². The summed E-state index contributed by atoms with van der Waals surface area (Å²) in [4.78, 5) is 38.2. The molecular weight excluding hydrogens is 949 g/mol. The summed E-state index contributed by atoms with van der Waals surface area (Å²) in [6.45, 7) is 6.30. The Balaban J connectivity index is 4.41. The summed E-state index contributed by atoms with van der Waals surface area (Å²) >= 11 is 0. The summed E-state index contributed by atoms with van der Waals surface area (Å²) in [5.74, 6) is -1.04. The number of carbonyl (C=O) groups is 3. The first-order chi connectivity index (χ1) is 38.0. The minimum absolute atomic E-state index is 0.120. The summed E-state index contributed by atoms with van der Waals surface area (Å²) in [6, 6.07) is 0. The van der Waals surface area contributed by atoms with Gasteiger partial charge in [0.15, 0.2) is 6.10 Å². The highest BCUT2D eigenvalue weighted by molar-refractivity contribution is 5.71. The first-order valence-corrected chi connectivity index (χ1v) is 31.3. The van der Waals surface area contributed by atoms with Gasteiger partial charge in [-0.25, -0.2) is 0 Å². The summed E-state index contributed by atoms with van der Waals surface area (Å²) in [5.41, 5.74) is 0. The van der Waals surface area contributed by atoms with Crippen LogP contribution in [0.1, 0.15) is 265 Å². The monoisotopic (exact) mass is 1060 g/mol. The molecule has 0 amide bonds. The Morgan fingerprint density at radius 1 is 0.273 bits per heavy atom. The van der Waals surface area contributed by atoms with Crippen LogP contribution in [0.3, 0.4) is 0 Å². The van der Waals surface area contributed by atoms with Crippen LogP contribution >= 0.6 is 0 Å². The zero-order chi connectivity index (χ0) is 55.7. The van der Waals surface area contributed by atoms with Crippen molar-refractivity contribution in [2.24, 2.45) is 0 Å². The maximum absolute atomic E-state index is 12.9. The molecule has 0 fully saturated rings. The van der Waals surface area contributed by atoms with E-state index in [-0.39, 0.29) is 44.0 Å². The number of unbranched alkanes of at least 4 members (excludes halogenated alkanes) is 20. The second-order valence-corrected chi connectivity index (χ2v) is 20.2. The van der Waals surface area contributed by atoms with Gasteiger partial charge in [0.25, 0.3) is 0 Å². The standard InChI is InChI=1S/C71H114O6/c1-4-7-10-13-16-19-22-25-27-29-31-32-33-34-35-36-37-38-40-41-43-46-49-52-55-58-61-64-70(73)76-67-68(66-75-69(72)63-60-57-54-51-48-45-24-21-18-15-12-9-6-3)77-71(74)65-62-59-56-53-50-47-44-42-39-30-28-26-23-20-17-14-11-8-5-2/h8-9,11-12,17-18,20-22,25-26,28-29,31,33-34,39,42,45,47-48,50,54,57,68H,4-7,10,13-16,19,23-24,27,30,32,35-38,40-41,43-44,46,49,51-53,55-56,58-67H2,1-3H3/b11-8-,12-9-,20-17-,21-18-,25-22-,28-26-,31-29-,34-33-,42-39-,48-45-,50-47-,57-54-. The van der Waals surface area contributed by atoms with Crippen LogP contribution in [-0.2, 0) is 28.6 Å². The van der Waals surface area contributed by atoms with E-state index < -0.39 is 6.10 Å². The number of allylic oxidation sites excluding steroid dienone is 24. The van der Waals surface area contributed by atoms with Crippen LogP contribution in [0.15, 0.2) is 146 Å². The summed E-state index contributed by atoms with van der Waals surface area (Å²) in [5, 5.41) is 0. The van der Waals surface area contributed by atoms with E-state index in [9.17, 15) is 14.4 Å². The van der Waals surface area contributed by atoms with E-state index in [1.165, 1.54) is 103 Å². The lowest BCUT2D eigenvalue weighted by atomic mass is 10.0. The van der Waals surface area contributed by atoms with E-state index in [2.05, 4.69) is 154 Å². The highest BCUT2D eigenvalue weighted by atomic mass is 16.6. The molecule has 0 rings (SSSR count). The van der Waals surface area contributed by atoms with Gasteiger partial charge in [0.1, 0.15) is 13.2 Å². The minimum Gasteiger partial charge on any atom is -0.462 e. The van der Waals surface area contributed by atoms with Crippen LogP contribution in [-0.4, -0.2) is 37.2 Å². The Hall–Kier alpha value is -4.71. The molecule has 1 unspecified atom stereocenters. The number of rotatable bonds is 55. The fraction of sp³-hybridized carbons (Fsp3) is 0.620. The molecule has 6 nitrogen and oxygen atoms in total. The van der Waals surface area contributed by atoms with Gasteiger partial charge in [-0.1, -0.05) is 263 Å². The molecule has 0 heterocycles. The maximum atomic E-state index is 12.9. The first-order valence-electron chi connectivity index (χ1n) is 31.3. The van der Waals surface area contributed by atoms with E-state index >= 15 is 0 Å². The van der Waals surface area contributed by atoms with E-state index in [0.717, 1.165) is 109 Å². The van der Waals surface area contributed by atoms with Crippen LogP contribution in [0, 0.1) is 0 Å². The normalized spacial score (nSPS) is 13.1. The zero-order valence-electron chi connectivity index (χ0n) is 49.7. The van der Waals surface area contributed by atoms with Crippen molar-refractivity contribution in [3.63, 3.8) is 0 Å². The van der Waals surface area contributed by atoms with Gasteiger partial charge in [-0.3, -0.25) is 14.4 Å². The summed E-state index contributed by atoms with van der Waals surface area (Å²) < 4.78 is 16.8. The Labute approximate surface area is 474 Å². The van der Waals surface area contributed by atoms with E-state index in [1.807, 2.05) is 12.2 Å². The summed E-state index contributed by atoms with van der Waals surface area (Å²) in [7, 11) is 0. The van der Waals surface area contributed by atoms with Crippen molar-refractivity contribution in [1.29, 1.82) is 0 Å². The third-order valence-electron chi connectivity index (χ3n) is 12.8. The fourth-order valence-electron chi connectivity index (χ4n) is 8.20. The van der Waals surface area contributed by atoms with Crippen molar-refractivity contribution < 1.29 is 28.6 Å². The second kappa shape index (κ2) is 63.8. The summed E-state index contributed by atoms with van der Waals surface area (Å²) in [6.07, 6.45) is 91.6. The Kier molecular flexibility index (Phi) is 59.9. The first kappa shape index (κ1) is 72.3. The lowest BCUT2D eigenvalue weighted by Crippen LogP contribution is -2.30. The number of esters is 3. The molecule has 0 aliphatic heterocycles. The molecule has 0 spiro atoms. The topological polar surface area (TPSA) is 78.9 Å². The van der Waals surface area contributed by atoms with Gasteiger partial charge in [0.05, 0.1) is 0 Å². The van der Waals surface area contributed by atoms with Crippen molar-refractivity contribution in [2.45, 2.75) is 271 Å². The largest absolute Gasteiger partial charge is 0.462 e. The van der Waals surface area contributed by atoms with Crippen LogP contribution in [0.5, 0.6) is 0 Å². The van der Waals surface area contributed by atoms with E-state index in [1.54, 1.807) is 0 Å². The molecule has 77 heavy (non-hydrogen) atoms. The molecular formula is C71H114O6. The van der Waals surface area contributed by atoms with Crippen LogP contribution < -0.4 is 0 Å². The number of hydrogen-bond donors (Lipinski definition) is 0. The number of ether oxygens (including phenoxy) is 3. The quantitative estimate of drug-likeness (QED) is 0.0261. The van der Waals surface area contributed by atoms with Crippen LogP contribution in [0.25, 0.3) is 0 Å². The minimum atomic E-state index is -0.832. The molecule has 1 atom stereocenters. The molecule has 0 aliphatic carbocycles. The van der Waals surface area contributed by atoms with E-state index in [4.69, 9.17) is 14.2 Å². The predicted molar refractivity (Wildman–Crippen MR) is 334 cm³/mol. The number of carbonyl (C=O) groups excluding carboxylic acids is 3. The highest BCUT2D eigenvalue weighted by Crippen LogP contribution is 2.15. The Morgan fingerprint density at radius 3 is 0.883 bits per heavy atom. The molecule has 0 saturated heterocycles. The lowest BCUT2D eigenvalue weighted by Gasteiger charge is -2.18. The van der Waals surface area contributed by atoms with E-state index in [0.29, 0.717) is 19.3 Å². The molecule has 0 N–H and O–H groups in total. The second-order valence-electron chi connectivity index (χ2n) is 20.2. The molecule has 0 saturated carbocycles. The number of hydrogen-bond acceptors (Lipinski definition) is 6. The Morgan fingerprint density at radius 2 is 0.532 bits per heavy atom. The van der Waals surface area contributed by atoms with Gasteiger partial charge in [-0.15, -0.1) is 0 Å². The molecule has 6 heteroatoms. The zero-order valence-corrected chi connectivity index (χ0v) is 49.7. The lowest BCUT2D eigenvalue weighted by molar-refractivity contribution is -0.166. The van der Waals surface area contributed by atoms with Crippen molar-refractivity contribution >= 4 is 17.9 Å². The fourth-order valence-corrected chi connectivity index (χ4v) is 8.20. The average Bonchev–Trinajstić information content (AvgIpc) is 3.43. The predicted octanol–water partition coefficient (Wildman–Crippen LogP) is 21.5. The van der Waals surface area contributed by atoms with Gasteiger partial charge in [0.2, 0.25) is 0 Å². The van der Waals surface area contributed by atoms with Gasteiger partial charge < -0.3 is 14.2 Å². The molecule has 0 aromatic carbocycles. The van der Waals surface area contributed by atoms with Crippen LogP contribution in [0.2, 0.25) is 0 Å². The maximum Gasteiger partial charge on any atom is 0.306 e. The van der Waals surface area contributed by atoms with Crippen molar-refractivity contribution in [3.05, 3.63) is 146 Å². The Bertz CT molecular complexity index is 1700. The highest BCUT2D eigenvalue weighted by Gasteiger charge is 2.19. The third kappa shape index (κ3) is 62.0. The van der Waals surface area contributed by atoms with Gasteiger partial charge in [-0.05, 0) is 128 Å². The third-order valence-corrected chi connectivity index (χ3v) is 12.8. The molecule has 0 radical (unpaired) electrons. The van der Waals surface area contributed by atoms with Gasteiger partial charge in [0, 0.05) is 19.3 Å². The smallest absolute Gasteiger partial charge is 0.306 e. The molecule has 0 bridgehead atoms. The average molecular weight is 1060 g/mol. The van der Waals surface area contributed by atoms with Gasteiger partial charge >= 0.3 is 17.9 Å². The molecule has 0 aromatic rings. The molecule has 0 aromatic heterocycles. The molecule has 0 aliphatic rings. The van der Waals surface area contributed by atoms with Crippen molar-refractivity contribution in [1.82, 2.24) is 0 Å².